The molecule has 31 heavy (non-hydrogen) atoms. The maximum absolute atomic E-state index is 12.8. The van der Waals surface area contributed by atoms with E-state index in [1.165, 1.54) is 18.3 Å². The number of pyridine rings is 1. The van der Waals surface area contributed by atoms with Crippen LogP contribution in [-0.2, 0) is 16.0 Å². The van der Waals surface area contributed by atoms with Crippen molar-refractivity contribution in [2.24, 2.45) is 0 Å². The zero-order chi connectivity index (χ0) is 22.6. The van der Waals surface area contributed by atoms with Crippen LogP contribution in [0.1, 0.15) is 69.3 Å². The zero-order valence-electron chi connectivity index (χ0n) is 17.7. The van der Waals surface area contributed by atoms with Gasteiger partial charge >= 0.3 is 6.09 Å². The predicted molar refractivity (Wildman–Crippen MR) is 110 cm³/mol. The number of carbonyl (C=O) groups is 2. The van der Waals surface area contributed by atoms with Crippen LogP contribution < -0.4 is 10.6 Å². The molecule has 3 rings (SSSR count). The summed E-state index contributed by atoms with van der Waals surface area (Å²) >= 11 is 0. The van der Waals surface area contributed by atoms with Crippen LogP contribution in [-0.4, -0.2) is 38.8 Å². The lowest BCUT2D eigenvalue weighted by molar-refractivity contribution is -0.115. The number of anilines is 1. The molecular weight excluding hydrogens is 408 g/mol. The number of hydrogen-bond acceptors (Lipinski definition) is 5. The highest BCUT2D eigenvalue weighted by molar-refractivity contribution is 5.91. The molecule has 1 aliphatic rings. The number of halogens is 2. The van der Waals surface area contributed by atoms with Crippen molar-refractivity contribution in [2.45, 2.75) is 70.4 Å². The Kier molecular flexibility index (Phi) is 6.87. The Morgan fingerprint density at radius 2 is 2.06 bits per heavy atom. The smallest absolute Gasteiger partial charge is 0.407 e. The molecule has 8 nitrogen and oxygen atoms in total. The van der Waals surface area contributed by atoms with E-state index in [9.17, 15) is 18.4 Å². The fourth-order valence-electron chi connectivity index (χ4n) is 3.51. The van der Waals surface area contributed by atoms with Crippen molar-refractivity contribution in [3.05, 3.63) is 41.3 Å². The van der Waals surface area contributed by atoms with Gasteiger partial charge in [-0.3, -0.25) is 14.9 Å². The van der Waals surface area contributed by atoms with Gasteiger partial charge in [0.2, 0.25) is 5.91 Å². The molecule has 0 spiro atoms. The van der Waals surface area contributed by atoms with E-state index in [-0.39, 0.29) is 35.2 Å². The van der Waals surface area contributed by atoms with Gasteiger partial charge in [0, 0.05) is 35.0 Å². The van der Waals surface area contributed by atoms with Gasteiger partial charge in [-0.25, -0.2) is 13.6 Å². The minimum Gasteiger partial charge on any atom is -0.446 e. The van der Waals surface area contributed by atoms with Crippen LogP contribution in [0.15, 0.2) is 24.4 Å². The second kappa shape index (κ2) is 9.40. The Hall–Kier alpha value is -3.04. The molecule has 3 N–H and O–H groups in total. The van der Waals surface area contributed by atoms with Crippen LogP contribution in [0.5, 0.6) is 0 Å². The third-order valence-corrected chi connectivity index (χ3v) is 4.87. The zero-order valence-corrected chi connectivity index (χ0v) is 17.7. The first-order valence-electron chi connectivity index (χ1n) is 10.2. The number of nitrogens with zero attached hydrogens (tertiary/aromatic N) is 2. The predicted octanol–water partition coefficient (Wildman–Crippen LogP) is 4.08. The monoisotopic (exact) mass is 435 g/mol. The number of H-pyrrole nitrogens is 1. The SMILES string of the molecule is CC(C)(C)NC(=O)OC1CCC(c2cc(NC(=O)Cc3cc(C(F)F)ccn3)n[nH]2)C1. The van der Waals surface area contributed by atoms with Crippen molar-refractivity contribution in [3.8, 4) is 0 Å². The molecule has 1 saturated carbocycles. The number of rotatable bonds is 6. The third-order valence-electron chi connectivity index (χ3n) is 4.87. The number of amides is 2. The fraction of sp³-hybridized carbons (Fsp3) is 0.524. The van der Waals surface area contributed by atoms with Gasteiger partial charge in [-0.2, -0.15) is 5.10 Å². The van der Waals surface area contributed by atoms with E-state index in [1.807, 2.05) is 20.8 Å². The number of aromatic nitrogens is 3. The fourth-order valence-corrected chi connectivity index (χ4v) is 3.51. The van der Waals surface area contributed by atoms with Crippen molar-refractivity contribution >= 4 is 17.8 Å². The van der Waals surface area contributed by atoms with Gasteiger partial charge < -0.3 is 15.4 Å². The number of aromatic amines is 1. The molecule has 2 heterocycles. The lowest BCUT2D eigenvalue weighted by atomic mass is 10.0. The van der Waals surface area contributed by atoms with E-state index in [0.717, 1.165) is 18.5 Å². The summed E-state index contributed by atoms with van der Waals surface area (Å²) in [7, 11) is 0. The summed E-state index contributed by atoms with van der Waals surface area (Å²) in [6.45, 7) is 5.66. The molecule has 1 fully saturated rings. The minimum atomic E-state index is -2.61. The summed E-state index contributed by atoms with van der Waals surface area (Å²) in [6, 6.07) is 4.18. The topological polar surface area (TPSA) is 109 Å². The van der Waals surface area contributed by atoms with Crippen molar-refractivity contribution in [2.75, 3.05) is 5.32 Å². The molecule has 2 aromatic heterocycles. The number of hydrogen-bond donors (Lipinski definition) is 3. The van der Waals surface area contributed by atoms with Crippen LogP contribution >= 0.6 is 0 Å². The maximum atomic E-state index is 12.8. The number of nitrogens with one attached hydrogen (secondary N) is 3. The van der Waals surface area contributed by atoms with Gasteiger partial charge in [0.15, 0.2) is 5.82 Å². The average Bonchev–Trinajstić information content (AvgIpc) is 3.29. The maximum Gasteiger partial charge on any atom is 0.407 e. The summed E-state index contributed by atoms with van der Waals surface area (Å²) < 4.78 is 31.0. The summed E-state index contributed by atoms with van der Waals surface area (Å²) in [6.07, 6.45) is 0.141. The Bertz CT molecular complexity index is 926. The first-order chi connectivity index (χ1) is 14.6. The van der Waals surface area contributed by atoms with E-state index in [0.29, 0.717) is 12.2 Å². The standard InChI is InChI=1S/C21H27F2N5O3/c1-21(2,3)26-20(30)31-15-5-4-12(9-15)16-11-17(28-27-16)25-18(29)10-14-8-13(19(22)23)6-7-24-14/h6-8,11-12,15,19H,4-5,9-10H2,1-3H3,(H,26,30)(H2,25,27,28,29). The van der Waals surface area contributed by atoms with E-state index in [1.54, 1.807) is 6.07 Å². The first kappa shape index (κ1) is 22.6. The van der Waals surface area contributed by atoms with Gasteiger partial charge in [0.25, 0.3) is 6.43 Å². The van der Waals surface area contributed by atoms with Crippen molar-refractivity contribution < 1.29 is 23.1 Å². The largest absolute Gasteiger partial charge is 0.446 e. The summed E-state index contributed by atoms with van der Waals surface area (Å²) in [4.78, 5) is 28.1. The molecule has 0 aliphatic heterocycles. The molecule has 0 aromatic carbocycles. The van der Waals surface area contributed by atoms with E-state index < -0.39 is 18.4 Å². The van der Waals surface area contributed by atoms with Crippen LogP contribution in [0.2, 0.25) is 0 Å². The van der Waals surface area contributed by atoms with Gasteiger partial charge in [-0.05, 0) is 52.2 Å². The number of ether oxygens (including phenoxy) is 1. The van der Waals surface area contributed by atoms with Gasteiger partial charge in [0.1, 0.15) is 6.10 Å². The molecule has 1 aliphatic carbocycles. The minimum absolute atomic E-state index is 0.134. The van der Waals surface area contributed by atoms with Gasteiger partial charge in [-0.1, -0.05) is 0 Å². The Morgan fingerprint density at radius 3 is 2.77 bits per heavy atom. The van der Waals surface area contributed by atoms with E-state index in [2.05, 4.69) is 25.8 Å². The Balaban J connectivity index is 1.51. The van der Waals surface area contributed by atoms with Crippen LogP contribution in [0, 0.1) is 0 Å². The highest BCUT2D eigenvalue weighted by atomic mass is 19.3. The number of carbonyl (C=O) groups excluding carboxylic acids is 2. The molecular formula is C21H27F2N5O3. The second-order valence-corrected chi connectivity index (χ2v) is 8.73. The second-order valence-electron chi connectivity index (χ2n) is 8.73. The quantitative estimate of drug-likeness (QED) is 0.633. The van der Waals surface area contributed by atoms with Gasteiger partial charge in [-0.15, -0.1) is 0 Å². The molecule has 2 atom stereocenters. The lowest BCUT2D eigenvalue weighted by Gasteiger charge is -2.22. The van der Waals surface area contributed by atoms with Crippen molar-refractivity contribution in [1.82, 2.24) is 20.5 Å². The first-order valence-corrected chi connectivity index (χ1v) is 10.2. The Labute approximate surface area is 179 Å². The third kappa shape index (κ3) is 6.73. The molecule has 2 amide bonds. The van der Waals surface area contributed by atoms with Crippen molar-refractivity contribution in [1.29, 1.82) is 0 Å². The van der Waals surface area contributed by atoms with Gasteiger partial charge in [0.05, 0.1) is 12.1 Å². The van der Waals surface area contributed by atoms with Crippen molar-refractivity contribution in [3.63, 3.8) is 0 Å². The number of alkyl halides is 2. The lowest BCUT2D eigenvalue weighted by Crippen LogP contribution is -2.42. The molecule has 2 aromatic rings. The van der Waals surface area contributed by atoms with E-state index in [4.69, 9.17) is 4.74 Å². The summed E-state index contributed by atoms with van der Waals surface area (Å²) in [5.74, 6) is 0.0817. The van der Waals surface area contributed by atoms with Crippen LogP contribution in [0.25, 0.3) is 0 Å². The molecule has 10 heteroatoms. The molecule has 0 saturated heterocycles. The normalized spacial score (nSPS) is 18.8. The molecule has 2 unspecified atom stereocenters. The molecule has 0 radical (unpaired) electrons. The highest BCUT2D eigenvalue weighted by Crippen LogP contribution is 2.35. The number of alkyl carbamates (subject to hydrolysis) is 1. The molecule has 0 bridgehead atoms. The Morgan fingerprint density at radius 1 is 1.29 bits per heavy atom. The summed E-state index contributed by atoms with van der Waals surface area (Å²) in [5, 5.41) is 12.5. The van der Waals surface area contributed by atoms with Crippen LogP contribution in [0.4, 0.5) is 19.4 Å². The summed E-state index contributed by atoms with van der Waals surface area (Å²) in [5.41, 5.74) is 0.571. The van der Waals surface area contributed by atoms with E-state index >= 15 is 0 Å². The van der Waals surface area contributed by atoms with Crippen LogP contribution in [0.3, 0.4) is 0 Å². The highest BCUT2D eigenvalue weighted by Gasteiger charge is 2.30. The average molecular weight is 435 g/mol. The molecule has 168 valence electrons.